The molecule has 0 aromatic carbocycles. The van der Waals surface area contributed by atoms with Crippen molar-refractivity contribution in [3.8, 4) is 0 Å². The van der Waals surface area contributed by atoms with Crippen LogP contribution in [0.15, 0.2) is 5.38 Å². The summed E-state index contributed by atoms with van der Waals surface area (Å²) in [6.07, 6.45) is 0. The highest BCUT2D eigenvalue weighted by Gasteiger charge is 1.99. The molecule has 1 heterocycles. The van der Waals surface area contributed by atoms with Gasteiger partial charge in [0.25, 0.3) is 0 Å². The zero-order chi connectivity index (χ0) is 6.69. The Hall–Kier alpha value is -1.24. The monoisotopic (exact) mass is 146 g/mol. The third kappa shape index (κ3) is 1.61. The largest absolute Gasteiger partial charge is 0.234 e. The number of hydrogen-bond acceptors (Lipinski definition) is 5. The summed E-state index contributed by atoms with van der Waals surface area (Å²) in [7, 11) is 0. The maximum atomic E-state index is 9.70. The molecule has 0 unspecified atom stereocenters. The van der Waals surface area contributed by atoms with Crippen molar-refractivity contribution in [2.45, 2.75) is 0 Å². The molecule has 1 N–H and O–H groups in total. The van der Waals surface area contributed by atoms with E-state index in [1.807, 2.05) is 5.43 Å². The molecule has 0 aliphatic rings. The standard InChI is InChI=1S/C2H2N4O2S/c7-6(8)4-2-1-9-5-3-2/h1,4H. The molecular formula is C2H2N4O2S. The van der Waals surface area contributed by atoms with Crippen molar-refractivity contribution in [3.63, 3.8) is 0 Å². The maximum absolute atomic E-state index is 9.70. The Kier molecular flexibility index (Phi) is 1.54. The highest BCUT2D eigenvalue weighted by molar-refractivity contribution is 7.03. The Morgan fingerprint density at radius 3 is 3.11 bits per heavy atom. The zero-order valence-electron chi connectivity index (χ0n) is 4.14. The third-order valence-corrected chi connectivity index (χ3v) is 1.07. The average molecular weight is 146 g/mol. The number of anilines is 1. The Balaban J connectivity index is 2.58. The number of nitrogens with one attached hydrogen (secondary N) is 1. The predicted molar refractivity (Wildman–Crippen MR) is 30.5 cm³/mol. The molecule has 1 aromatic heterocycles. The van der Waals surface area contributed by atoms with Crippen molar-refractivity contribution < 1.29 is 5.03 Å². The lowest BCUT2D eigenvalue weighted by atomic mass is 10.8. The summed E-state index contributed by atoms with van der Waals surface area (Å²) in [6, 6.07) is 0. The summed E-state index contributed by atoms with van der Waals surface area (Å²) in [5.41, 5.74) is 1.84. The van der Waals surface area contributed by atoms with Gasteiger partial charge in [-0.25, -0.2) is 10.1 Å². The van der Waals surface area contributed by atoms with Gasteiger partial charge in [-0.2, -0.15) is 0 Å². The van der Waals surface area contributed by atoms with E-state index in [9.17, 15) is 10.1 Å². The minimum atomic E-state index is -0.684. The van der Waals surface area contributed by atoms with Crippen molar-refractivity contribution in [1.29, 1.82) is 0 Å². The van der Waals surface area contributed by atoms with Crippen LogP contribution in [-0.4, -0.2) is 14.6 Å². The van der Waals surface area contributed by atoms with E-state index in [0.717, 1.165) is 11.5 Å². The van der Waals surface area contributed by atoms with Crippen molar-refractivity contribution >= 4 is 17.4 Å². The molecule has 0 saturated heterocycles. The van der Waals surface area contributed by atoms with Gasteiger partial charge in [0.05, 0.1) is 5.38 Å². The highest BCUT2D eigenvalue weighted by Crippen LogP contribution is 2.01. The highest BCUT2D eigenvalue weighted by atomic mass is 32.1. The van der Waals surface area contributed by atoms with Crippen LogP contribution in [0.4, 0.5) is 5.82 Å². The van der Waals surface area contributed by atoms with Crippen LogP contribution in [0.3, 0.4) is 0 Å². The molecular weight excluding hydrogens is 144 g/mol. The van der Waals surface area contributed by atoms with Gasteiger partial charge in [0.1, 0.15) is 0 Å². The van der Waals surface area contributed by atoms with Gasteiger partial charge in [0.2, 0.25) is 5.82 Å². The van der Waals surface area contributed by atoms with E-state index in [-0.39, 0.29) is 5.82 Å². The lowest BCUT2D eigenvalue weighted by Crippen LogP contribution is -2.07. The molecule has 0 fully saturated rings. The first-order valence-corrected chi connectivity index (χ1v) is 2.81. The molecule has 1 aromatic rings. The van der Waals surface area contributed by atoms with Crippen LogP contribution in [0, 0.1) is 10.1 Å². The van der Waals surface area contributed by atoms with Gasteiger partial charge in [0, 0.05) is 0 Å². The van der Waals surface area contributed by atoms with E-state index in [0.29, 0.717) is 0 Å². The number of hydrogen-bond donors (Lipinski definition) is 1. The topological polar surface area (TPSA) is 81.0 Å². The number of aromatic nitrogens is 2. The summed E-state index contributed by atoms with van der Waals surface area (Å²) >= 11 is 1.05. The van der Waals surface area contributed by atoms with Gasteiger partial charge in [-0.05, 0) is 11.5 Å². The Bertz CT molecular complexity index is 196. The van der Waals surface area contributed by atoms with Crippen molar-refractivity contribution in [2.24, 2.45) is 0 Å². The minimum Gasteiger partial charge on any atom is -0.234 e. The SMILES string of the molecule is O=[N+]([O-])Nc1csnn1. The molecule has 0 spiro atoms. The lowest BCUT2D eigenvalue weighted by Gasteiger charge is -1.84. The summed E-state index contributed by atoms with van der Waals surface area (Å²) in [5.74, 6) is 0.171. The maximum Gasteiger partial charge on any atom is 0.224 e. The smallest absolute Gasteiger partial charge is 0.224 e. The molecule has 7 heteroatoms. The van der Waals surface area contributed by atoms with Gasteiger partial charge < -0.3 is 0 Å². The quantitative estimate of drug-likeness (QED) is 0.474. The first-order valence-electron chi connectivity index (χ1n) is 1.97. The molecule has 6 nitrogen and oxygen atoms in total. The summed E-state index contributed by atoms with van der Waals surface area (Å²) in [6.45, 7) is 0. The van der Waals surface area contributed by atoms with E-state index in [1.54, 1.807) is 0 Å². The van der Waals surface area contributed by atoms with Crippen LogP contribution >= 0.6 is 11.5 Å². The fourth-order valence-corrected chi connectivity index (χ4v) is 0.689. The number of hydrazine groups is 1. The van der Waals surface area contributed by atoms with Crippen molar-refractivity contribution in [2.75, 3.05) is 5.43 Å². The second-order valence-corrected chi connectivity index (χ2v) is 1.77. The first kappa shape index (κ1) is 5.89. The van der Waals surface area contributed by atoms with Gasteiger partial charge in [0.15, 0.2) is 5.03 Å². The van der Waals surface area contributed by atoms with Gasteiger partial charge in [-0.3, -0.25) is 0 Å². The van der Waals surface area contributed by atoms with Crippen LogP contribution in [0.2, 0.25) is 0 Å². The number of nitro groups is 1. The van der Waals surface area contributed by atoms with Gasteiger partial charge >= 0.3 is 0 Å². The first-order chi connectivity index (χ1) is 4.29. The van der Waals surface area contributed by atoms with Crippen LogP contribution in [-0.2, 0) is 0 Å². The molecule has 0 amide bonds. The third-order valence-electron chi connectivity index (χ3n) is 0.566. The molecule has 0 radical (unpaired) electrons. The molecule has 0 aliphatic heterocycles. The van der Waals surface area contributed by atoms with E-state index >= 15 is 0 Å². The van der Waals surface area contributed by atoms with E-state index < -0.39 is 5.03 Å². The van der Waals surface area contributed by atoms with Crippen LogP contribution in [0.5, 0.6) is 0 Å². The molecule has 0 saturated carbocycles. The molecule has 0 aliphatic carbocycles. The van der Waals surface area contributed by atoms with E-state index in [1.165, 1.54) is 5.38 Å². The predicted octanol–water partition coefficient (Wildman–Crippen LogP) is 0.142. The van der Waals surface area contributed by atoms with E-state index in [2.05, 4.69) is 9.59 Å². The zero-order valence-corrected chi connectivity index (χ0v) is 4.96. The Morgan fingerprint density at radius 2 is 2.67 bits per heavy atom. The van der Waals surface area contributed by atoms with Crippen LogP contribution < -0.4 is 5.43 Å². The van der Waals surface area contributed by atoms with Crippen molar-refractivity contribution in [3.05, 3.63) is 15.5 Å². The number of nitrogens with zero attached hydrogens (tertiary/aromatic N) is 3. The number of rotatable bonds is 2. The average Bonchev–Trinajstić information content (AvgIpc) is 2.15. The summed E-state index contributed by atoms with van der Waals surface area (Å²) in [5, 5.41) is 13.8. The fourth-order valence-electron chi connectivity index (χ4n) is 0.307. The van der Waals surface area contributed by atoms with Crippen LogP contribution in [0.25, 0.3) is 0 Å². The second kappa shape index (κ2) is 2.35. The summed E-state index contributed by atoms with van der Waals surface area (Å²) < 4.78 is 3.40. The second-order valence-electron chi connectivity index (χ2n) is 1.16. The van der Waals surface area contributed by atoms with Gasteiger partial charge in [-0.1, -0.05) is 9.91 Å². The lowest BCUT2D eigenvalue weighted by molar-refractivity contribution is -0.445. The Morgan fingerprint density at radius 1 is 1.89 bits per heavy atom. The molecule has 0 atom stereocenters. The molecule has 1 rings (SSSR count). The van der Waals surface area contributed by atoms with Crippen LogP contribution in [0.1, 0.15) is 0 Å². The summed E-state index contributed by atoms with van der Waals surface area (Å²) in [4.78, 5) is 9.70. The Labute approximate surface area is 53.8 Å². The van der Waals surface area contributed by atoms with Crippen molar-refractivity contribution in [1.82, 2.24) is 9.59 Å². The molecule has 9 heavy (non-hydrogen) atoms. The van der Waals surface area contributed by atoms with Gasteiger partial charge in [-0.15, -0.1) is 5.10 Å². The fraction of sp³-hybridized carbons (Fsp3) is 0. The minimum absolute atomic E-state index is 0.171. The molecule has 0 bridgehead atoms. The normalized spacial score (nSPS) is 8.89. The van der Waals surface area contributed by atoms with E-state index in [4.69, 9.17) is 0 Å². The molecule has 48 valence electrons.